The Hall–Kier alpha value is -1.04. The maximum absolute atomic E-state index is 10.7. The molecular formula is C6H9NO4S. The number of carbonyl (C=O) groups excluding carboxylic acids is 2. The molecule has 0 aromatic rings. The fourth-order valence-electron chi connectivity index (χ4n) is 0.445. The van der Waals surface area contributed by atoms with Crippen LogP contribution in [-0.2, 0) is 14.4 Å². The Morgan fingerprint density at radius 1 is 1.50 bits per heavy atom. The second-order valence-corrected chi connectivity index (χ2v) is 2.47. The van der Waals surface area contributed by atoms with Crippen LogP contribution in [0.25, 0.3) is 0 Å². The minimum Gasteiger partial charge on any atom is -0.480 e. The average molecular weight is 191 g/mol. The molecule has 0 aliphatic rings. The molecule has 0 fully saturated rings. The van der Waals surface area contributed by atoms with Crippen LogP contribution >= 0.6 is 12.6 Å². The second-order valence-electron chi connectivity index (χ2n) is 2.10. The number of carboxylic acids is 1. The first-order chi connectivity index (χ1) is 5.49. The number of aliphatic carboxylic acids is 1. The van der Waals surface area contributed by atoms with Gasteiger partial charge in [-0.25, -0.2) is 4.79 Å². The molecule has 0 saturated heterocycles. The molecule has 0 spiro atoms. The van der Waals surface area contributed by atoms with Crippen LogP contribution in [0.4, 0.5) is 0 Å². The van der Waals surface area contributed by atoms with Crippen molar-refractivity contribution in [1.29, 1.82) is 0 Å². The molecule has 2 N–H and O–H groups in total. The van der Waals surface area contributed by atoms with E-state index in [0.717, 1.165) is 6.92 Å². The van der Waals surface area contributed by atoms with Gasteiger partial charge in [-0.05, 0) is 0 Å². The second kappa shape index (κ2) is 4.76. The minimum absolute atomic E-state index is 0.0473. The van der Waals surface area contributed by atoms with E-state index in [4.69, 9.17) is 5.11 Å². The smallest absolute Gasteiger partial charge is 0.327 e. The number of amides is 1. The van der Waals surface area contributed by atoms with Crippen LogP contribution in [0.3, 0.4) is 0 Å². The summed E-state index contributed by atoms with van der Waals surface area (Å²) in [6, 6.07) is -1.11. The molecule has 0 aliphatic carbocycles. The Bertz CT molecular complexity index is 216. The standard InChI is InChI=1S/C6H9NO4S/c1-3(8)5(9)7-4(2-12)6(10)11/h4,12H,2H2,1H3,(H,7,9)(H,10,11). The van der Waals surface area contributed by atoms with Crippen LogP contribution in [0.15, 0.2) is 0 Å². The van der Waals surface area contributed by atoms with Gasteiger partial charge in [-0.3, -0.25) is 9.59 Å². The fraction of sp³-hybridized carbons (Fsp3) is 0.500. The molecule has 0 aliphatic heterocycles. The first kappa shape index (κ1) is 11.0. The van der Waals surface area contributed by atoms with Crippen molar-refractivity contribution in [2.24, 2.45) is 0 Å². The van der Waals surface area contributed by atoms with Crippen LogP contribution in [0.1, 0.15) is 6.92 Å². The molecule has 0 saturated carbocycles. The lowest BCUT2D eigenvalue weighted by atomic mass is 10.3. The van der Waals surface area contributed by atoms with Crippen molar-refractivity contribution in [3.05, 3.63) is 0 Å². The Morgan fingerprint density at radius 3 is 2.25 bits per heavy atom. The third kappa shape index (κ3) is 3.38. The lowest BCUT2D eigenvalue weighted by Gasteiger charge is -2.09. The maximum atomic E-state index is 10.7. The van der Waals surface area contributed by atoms with Gasteiger partial charge in [-0.2, -0.15) is 12.6 Å². The van der Waals surface area contributed by atoms with Crippen LogP contribution in [-0.4, -0.2) is 34.6 Å². The number of Topliss-reactive ketones (excluding diaryl/α,β-unsaturated/α-hetero) is 1. The molecule has 12 heavy (non-hydrogen) atoms. The number of rotatable bonds is 4. The summed E-state index contributed by atoms with van der Waals surface area (Å²) < 4.78 is 0. The third-order valence-electron chi connectivity index (χ3n) is 1.11. The summed E-state index contributed by atoms with van der Waals surface area (Å²) in [4.78, 5) is 31.4. The van der Waals surface area contributed by atoms with Gasteiger partial charge in [0.15, 0.2) is 0 Å². The lowest BCUT2D eigenvalue weighted by Crippen LogP contribution is -2.44. The van der Waals surface area contributed by atoms with Crippen LogP contribution < -0.4 is 5.32 Å². The van der Waals surface area contributed by atoms with Crippen molar-refractivity contribution in [3.8, 4) is 0 Å². The summed E-state index contributed by atoms with van der Waals surface area (Å²) in [5.74, 6) is -2.88. The topological polar surface area (TPSA) is 83.5 Å². The molecule has 1 atom stereocenters. The van der Waals surface area contributed by atoms with Gasteiger partial charge in [0.05, 0.1) is 0 Å². The quantitative estimate of drug-likeness (QED) is 0.396. The van der Waals surface area contributed by atoms with Crippen molar-refractivity contribution in [2.75, 3.05) is 5.75 Å². The Balaban J connectivity index is 4.12. The van der Waals surface area contributed by atoms with Crippen molar-refractivity contribution < 1.29 is 19.5 Å². The maximum Gasteiger partial charge on any atom is 0.327 e. The highest BCUT2D eigenvalue weighted by Gasteiger charge is 2.19. The van der Waals surface area contributed by atoms with Gasteiger partial charge in [0.25, 0.3) is 5.91 Å². The van der Waals surface area contributed by atoms with E-state index in [9.17, 15) is 14.4 Å². The summed E-state index contributed by atoms with van der Waals surface area (Å²) in [7, 11) is 0. The first-order valence-corrected chi connectivity index (χ1v) is 3.77. The number of hydrogen-bond acceptors (Lipinski definition) is 4. The molecule has 0 aromatic carbocycles. The van der Waals surface area contributed by atoms with E-state index in [1.165, 1.54) is 0 Å². The zero-order chi connectivity index (χ0) is 9.72. The Kier molecular flexibility index (Phi) is 4.35. The highest BCUT2D eigenvalue weighted by molar-refractivity contribution is 7.80. The first-order valence-electron chi connectivity index (χ1n) is 3.14. The SMILES string of the molecule is CC(=O)C(=O)NC(CS)C(=O)O. The van der Waals surface area contributed by atoms with E-state index < -0.39 is 23.7 Å². The summed E-state index contributed by atoms with van der Waals surface area (Å²) in [6.45, 7) is 1.06. The number of carboxylic acid groups (broad SMARTS) is 1. The Morgan fingerprint density at radius 2 is 2.00 bits per heavy atom. The normalized spacial score (nSPS) is 11.8. The van der Waals surface area contributed by atoms with Crippen LogP contribution in [0, 0.1) is 0 Å². The van der Waals surface area contributed by atoms with Crippen LogP contribution in [0.2, 0.25) is 0 Å². The molecule has 68 valence electrons. The summed E-state index contributed by atoms with van der Waals surface area (Å²) >= 11 is 3.69. The molecule has 6 heteroatoms. The monoisotopic (exact) mass is 191 g/mol. The number of hydrogen-bond donors (Lipinski definition) is 3. The van der Waals surface area contributed by atoms with Crippen LogP contribution in [0.5, 0.6) is 0 Å². The molecular weight excluding hydrogens is 182 g/mol. The number of ketones is 1. The largest absolute Gasteiger partial charge is 0.480 e. The van der Waals surface area contributed by atoms with Crippen molar-refractivity contribution >= 4 is 30.3 Å². The lowest BCUT2D eigenvalue weighted by molar-refractivity contribution is -0.143. The Labute approximate surface area is 74.5 Å². The predicted molar refractivity (Wildman–Crippen MR) is 44.1 cm³/mol. The summed E-state index contributed by atoms with van der Waals surface area (Å²) in [6.07, 6.45) is 0. The van der Waals surface area contributed by atoms with E-state index in [1.54, 1.807) is 0 Å². The molecule has 5 nitrogen and oxygen atoms in total. The molecule has 0 radical (unpaired) electrons. The van der Waals surface area contributed by atoms with Crippen molar-refractivity contribution in [1.82, 2.24) is 5.32 Å². The van der Waals surface area contributed by atoms with E-state index in [2.05, 4.69) is 12.6 Å². The zero-order valence-corrected chi connectivity index (χ0v) is 7.30. The third-order valence-corrected chi connectivity index (χ3v) is 1.47. The fourth-order valence-corrected chi connectivity index (χ4v) is 0.693. The molecule has 1 unspecified atom stereocenters. The van der Waals surface area contributed by atoms with E-state index in [1.807, 2.05) is 5.32 Å². The van der Waals surface area contributed by atoms with E-state index in [-0.39, 0.29) is 5.75 Å². The van der Waals surface area contributed by atoms with Gasteiger partial charge in [0, 0.05) is 12.7 Å². The minimum atomic E-state index is -1.21. The molecule has 0 heterocycles. The van der Waals surface area contributed by atoms with Gasteiger partial charge in [-0.1, -0.05) is 0 Å². The van der Waals surface area contributed by atoms with Gasteiger partial charge < -0.3 is 10.4 Å². The molecule has 0 bridgehead atoms. The number of nitrogens with one attached hydrogen (secondary N) is 1. The molecule has 0 rings (SSSR count). The zero-order valence-electron chi connectivity index (χ0n) is 6.40. The highest BCUT2D eigenvalue weighted by atomic mass is 32.1. The number of thiol groups is 1. The van der Waals surface area contributed by atoms with Crippen molar-refractivity contribution in [2.45, 2.75) is 13.0 Å². The van der Waals surface area contributed by atoms with Gasteiger partial charge >= 0.3 is 5.97 Å². The van der Waals surface area contributed by atoms with Gasteiger partial charge in [0.1, 0.15) is 6.04 Å². The van der Waals surface area contributed by atoms with Gasteiger partial charge in [-0.15, -0.1) is 0 Å². The summed E-state index contributed by atoms with van der Waals surface area (Å²) in [5, 5.41) is 10.4. The van der Waals surface area contributed by atoms with Crippen molar-refractivity contribution in [3.63, 3.8) is 0 Å². The van der Waals surface area contributed by atoms with E-state index in [0.29, 0.717) is 0 Å². The predicted octanol–water partition coefficient (Wildman–Crippen LogP) is -0.925. The average Bonchev–Trinajstić information content (AvgIpc) is 1.98. The molecule has 0 aromatic heterocycles. The number of carbonyl (C=O) groups is 3. The highest BCUT2D eigenvalue weighted by Crippen LogP contribution is 1.88. The van der Waals surface area contributed by atoms with E-state index >= 15 is 0 Å². The summed E-state index contributed by atoms with van der Waals surface area (Å²) in [5.41, 5.74) is 0. The molecule has 1 amide bonds. The van der Waals surface area contributed by atoms with Gasteiger partial charge in [0.2, 0.25) is 5.78 Å².